The highest BCUT2D eigenvalue weighted by Gasteiger charge is 2.09. The molecule has 0 spiro atoms. The van der Waals surface area contributed by atoms with Crippen molar-refractivity contribution in [1.29, 1.82) is 0 Å². The number of nitrogens with zero attached hydrogens (tertiary/aromatic N) is 1. The molecule has 0 radical (unpaired) electrons. The number of aromatic nitrogens is 1. The van der Waals surface area contributed by atoms with Crippen molar-refractivity contribution in [3.63, 3.8) is 0 Å². The van der Waals surface area contributed by atoms with Crippen LogP contribution in [0.4, 0.5) is 0 Å². The minimum atomic E-state index is 0.774. The number of hydrogen-bond acceptors (Lipinski definition) is 2. The van der Waals surface area contributed by atoms with E-state index in [0.29, 0.717) is 0 Å². The Kier molecular flexibility index (Phi) is 4.03. The summed E-state index contributed by atoms with van der Waals surface area (Å²) < 4.78 is 12.9. The van der Waals surface area contributed by atoms with Gasteiger partial charge in [0.25, 0.3) is 0 Å². The summed E-state index contributed by atoms with van der Waals surface area (Å²) in [4.78, 5) is 0. The van der Waals surface area contributed by atoms with Crippen molar-refractivity contribution in [1.82, 2.24) is 0 Å². The highest BCUT2D eigenvalue weighted by Crippen LogP contribution is 2.31. The smallest absolute Gasteiger partial charge is 0.176 e. The number of aryl methyl sites for hydroxylation is 1. The van der Waals surface area contributed by atoms with E-state index in [2.05, 4.69) is 30.0 Å². The van der Waals surface area contributed by atoms with Crippen LogP contribution in [0.5, 0.6) is 11.5 Å². The van der Waals surface area contributed by atoms with Gasteiger partial charge < -0.3 is 9.47 Å². The zero-order chi connectivity index (χ0) is 13.0. The first-order valence-electron chi connectivity index (χ1n) is 6.33. The van der Waals surface area contributed by atoms with Crippen LogP contribution in [0.15, 0.2) is 30.6 Å². The molecular weight excluding hydrogens is 226 g/mol. The molecule has 2 aromatic rings. The Hall–Kier alpha value is -1.77. The van der Waals surface area contributed by atoms with E-state index in [-0.39, 0.29) is 0 Å². The van der Waals surface area contributed by atoms with Gasteiger partial charge in [-0.3, -0.25) is 0 Å². The van der Waals surface area contributed by atoms with Crippen molar-refractivity contribution >= 4 is 10.8 Å². The van der Waals surface area contributed by atoms with Gasteiger partial charge >= 0.3 is 0 Å². The summed E-state index contributed by atoms with van der Waals surface area (Å²) in [5.41, 5.74) is 0. The summed E-state index contributed by atoms with van der Waals surface area (Å²) in [5, 5.41) is 2.34. The van der Waals surface area contributed by atoms with Gasteiger partial charge in [0.1, 0.15) is 6.54 Å². The first-order valence-corrected chi connectivity index (χ1v) is 6.33. The zero-order valence-corrected chi connectivity index (χ0v) is 11.3. The van der Waals surface area contributed by atoms with Gasteiger partial charge in [0.15, 0.2) is 23.9 Å². The molecule has 1 heterocycles. The fourth-order valence-electron chi connectivity index (χ4n) is 2.04. The van der Waals surface area contributed by atoms with Crippen molar-refractivity contribution in [2.24, 2.45) is 0 Å². The molecule has 0 aliphatic carbocycles. The molecule has 0 bridgehead atoms. The number of benzene rings is 1. The number of rotatable bonds is 5. The molecular formula is C15H20NO2+. The molecule has 0 aliphatic heterocycles. The lowest BCUT2D eigenvalue weighted by atomic mass is 10.1. The van der Waals surface area contributed by atoms with E-state index in [9.17, 15) is 0 Å². The predicted molar refractivity (Wildman–Crippen MR) is 72.2 cm³/mol. The molecule has 2 rings (SSSR count). The molecule has 18 heavy (non-hydrogen) atoms. The predicted octanol–water partition coefficient (Wildman–Crippen LogP) is 2.94. The highest BCUT2D eigenvalue weighted by molar-refractivity contribution is 5.84. The van der Waals surface area contributed by atoms with Crippen molar-refractivity contribution in [3.8, 4) is 11.5 Å². The topological polar surface area (TPSA) is 22.3 Å². The van der Waals surface area contributed by atoms with Gasteiger partial charge in [0.2, 0.25) is 0 Å². The summed E-state index contributed by atoms with van der Waals surface area (Å²) in [5.74, 6) is 1.55. The van der Waals surface area contributed by atoms with Crippen LogP contribution in [-0.4, -0.2) is 14.2 Å². The molecule has 3 heteroatoms. The Morgan fingerprint density at radius 1 is 1.06 bits per heavy atom. The number of methoxy groups -OCH3 is 2. The SMILES string of the molecule is CCCC[n+]1ccc2cc(OC)c(OC)cc2c1. The normalized spacial score (nSPS) is 10.6. The quantitative estimate of drug-likeness (QED) is 0.757. The maximum atomic E-state index is 5.33. The van der Waals surface area contributed by atoms with E-state index in [0.717, 1.165) is 18.0 Å². The average molecular weight is 246 g/mol. The molecule has 0 N–H and O–H groups in total. The maximum absolute atomic E-state index is 5.33. The summed E-state index contributed by atoms with van der Waals surface area (Å²) in [6, 6.07) is 6.15. The standard InChI is InChI=1S/C15H20NO2/c1-4-5-7-16-8-6-12-9-14(17-2)15(18-3)10-13(12)11-16/h6,8-11H,4-5,7H2,1-3H3/q+1. The molecule has 0 amide bonds. The van der Waals surface area contributed by atoms with Crippen LogP contribution in [0.25, 0.3) is 10.8 Å². The highest BCUT2D eigenvalue weighted by atomic mass is 16.5. The fourth-order valence-corrected chi connectivity index (χ4v) is 2.04. The van der Waals surface area contributed by atoms with Gasteiger partial charge in [-0.2, -0.15) is 0 Å². The lowest BCUT2D eigenvalue weighted by molar-refractivity contribution is -0.696. The van der Waals surface area contributed by atoms with Gasteiger partial charge in [-0.15, -0.1) is 0 Å². The third-order valence-electron chi connectivity index (χ3n) is 3.11. The molecule has 0 saturated carbocycles. The number of pyridine rings is 1. The van der Waals surface area contributed by atoms with E-state index < -0.39 is 0 Å². The Morgan fingerprint density at radius 2 is 1.72 bits per heavy atom. The molecule has 0 unspecified atom stereocenters. The number of fused-ring (bicyclic) bond motifs is 1. The van der Waals surface area contributed by atoms with Crippen molar-refractivity contribution in [2.45, 2.75) is 26.3 Å². The third-order valence-corrected chi connectivity index (χ3v) is 3.11. The Bertz CT molecular complexity index is 537. The van der Waals surface area contributed by atoms with Crippen LogP contribution in [0.1, 0.15) is 19.8 Å². The Morgan fingerprint density at radius 3 is 2.33 bits per heavy atom. The monoisotopic (exact) mass is 246 g/mol. The van der Waals surface area contributed by atoms with E-state index in [1.807, 2.05) is 12.1 Å². The summed E-state index contributed by atoms with van der Waals surface area (Å²) in [6.07, 6.45) is 6.68. The Balaban J connectivity index is 2.42. The minimum absolute atomic E-state index is 0.774. The summed E-state index contributed by atoms with van der Waals surface area (Å²) >= 11 is 0. The second kappa shape index (κ2) is 5.71. The van der Waals surface area contributed by atoms with Crippen LogP contribution in [0.3, 0.4) is 0 Å². The maximum Gasteiger partial charge on any atom is 0.176 e. The van der Waals surface area contributed by atoms with Crippen molar-refractivity contribution in [2.75, 3.05) is 14.2 Å². The van der Waals surface area contributed by atoms with Crippen molar-refractivity contribution in [3.05, 3.63) is 30.6 Å². The summed E-state index contributed by atoms with van der Waals surface area (Å²) in [6.45, 7) is 3.26. The van der Waals surface area contributed by atoms with E-state index in [1.54, 1.807) is 14.2 Å². The molecule has 0 fully saturated rings. The van der Waals surface area contributed by atoms with Gasteiger partial charge in [-0.1, -0.05) is 13.3 Å². The molecule has 3 nitrogen and oxygen atoms in total. The van der Waals surface area contributed by atoms with Gasteiger partial charge in [-0.05, 0) is 17.5 Å². The second-order valence-corrected chi connectivity index (χ2v) is 4.37. The molecule has 1 aromatic heterocycles. The number of ether oxygens (including phenoxy) is 2. The molecule has 0 saturated heterocycles. The second-order valence-electron chi connectivity index (χ2n) is 4.37. The Labute approximate surface area is 108 Å². The van der Waals surface area contributed by atoms with Crippen LogP contribution in [-0.2, 0) is 6.54 Å². The van der Waals surface area contributed by atoms with Crippen LogP contribution < -0.4 is 14.0 Å². The molecule has 0 aliphatic rings. The number of hydrogen-bond donors (Lipinski definition) is 0. The average Bonchev–Trinajstić information content (AvgIpc) is 2.43. The van der Waals surface area contributed by atoms with Crippen LogP contribution in [0, 0.1) is 0 Å². The van der Waals surface area contributed by atoms with E-state index in [4.69, 9.17) is 9.47 Å². The first kappa shape index (κ1) is 12.7. The molecule has 0 atom stereocenters. The van der Waals surface area contributed by atoms with Gasteiger partial charge in [0.05, 0.1) is 14.2 Å². The zero-order valence-electron chi connectivity index (χ0n) is 11.3. The van der Waals surface area contributed by atoms with Crippen LogP contribution >= 0.6 is 0 Å². The van der Waals surface area contributed by atoms with Crippen LogP contribution in [0.2, 0.25) is 0 Å². The van der Waals surface area contributed by atoms with Gasteiger partial charge in [-0.25, -0.2) is 4.57 Å². The van der Waals surface area contributed by atoms with E-state index in [1.165, 1.54) is 23.6 Å². The fraction of sp³-hybridized carbons (Fsp3) is 0.400. The van der Waals surface area contributed by atoms with Gasteiger partial charge in [0, 0.05) is 17.9 Å². The van der Waals surface area contributed by atoms with E-state index >= 15 is 0 Å². The number of unbranched alkanes of at least 4 members (excludes halogenated alkanes) is 1. The van der Waals surface area contributed by atoms with Crippen molar-refractivity contribution < 1.29 is 14.0 Å². The lowest BCUT2D eigenvalue weighted by Crippen LogP contribution is -2.32. The first-order chi connectivity index (χ1) is 8.78. The molecule has 96 valence electrons. The minimum Gasteiger partial charge on any atom is -0.493 e. The lowest BCUT2D eigenvalue weighted by Gasteiger charge is -2.08. The largest absolute Gasteiger partial charge is 0.493 e. The summed E-state index contributed by atoms with van der Waals surface area (Å²) in [7, 11) is 3.33. The third kappa shape index (κ3) is 2.55. The molecule has 1 aromatic carbocycles.